The van der Waals surface area contributed by atoms with Gasteiger partial charge in [0.15, 0.2) is 0 Å². The Morgan fingerprint density at radius 1 is 1.19 bits per heavy atom. The molecule has 3 aliphatic rings. The van der Waals surface area contributed by atoms with E-state index in [9.17, 15) is 4.79 Å². The number of anilines is 1. The van der Waals surface area contributed by atoms with Gasteiger partial charge in [0, 0.05) is 44.8 Å². The van der Waals surface area contributed by atoms with Crippen molar-refractivity contribution in [2.75, 3.05) is 51.3 Å². The summed E-state index contributed by atoms with van der Waals surface area (Å²) >= 11 is 0. The van der Waals surface area contributed by atoms with Gasteiger partial charge < -0.3 is 15.0 Å². The van der Waals surface area contributed by atoms with Crippen LogP contribution < -0.4 is 10.2 Å². The Labute approximate surface area is 163 Å². The number of morpholine rings is 1. The third-order valence-electron chi connectivity index (χ3n) is 6.55. The van der Waals surface area contributed by atoms with E-state index in [1.54, 1.807) is 0 Å². The van der Waals surface area contributed by atoms with E-state index in [1.807, 2.05) is 0 Å². The summed E-state index contributed by atoms with van der Waals surface area (Å²) in [7, 11) is 2.16. The second-order valence-corrected chi connectivity index (χ2v) is 8.30. The molecule has 1 atom stereocenters. The summed E-state index contributed by atoms with van der Waals surface area (Å²) in [5.74, 6) is 0.478. The number of hydrogen-bond donors (Lipinski definition) is 1. The first kappa shape index (κ1) is 18.8. The number of fused-ring (bicyclic) bond motifs is 1. The SMILES string of the molecule is CN1CCc2cc(C(CNC(=O)C3CCCCC3)N3CCOCC3)ccc21. The minimum atomic E-state index is 0.220. The monoisotopic (exact) mass is 371 g/mol. The van der Waals surface area contributed by atoms with Gasteiger partial charge in [-0.05, 0) is 36.5 Å². The molecule has 5 nitrogen and oxygen atoms in total. The molecular weight excluding hydrogens is 338 g/mol. The number of nitrogens with zero attached hydrogens (tertiary/aromatic N) is 2. The van der Waals surface area contributed by atoms with Crippen LogP contribution in [0, 0.1) is 5.92 Å². The molecule has 2 aliphatic heterocycles. The molecule has 0 radical (unpaired) electrons. The number of hydrogen-bond acceptors (Lipinski definition) is 4. The molecule has 27 heavy (non-hydrogen) atoms. The van der Waals surface area contributed by atoms with Crippen LogP contribution in [0.4, 0.5) is 5.69 Å². The highest BCUT2D eigenvalue weighted by atomic mass is 16.5. The van der Waals surface area contributed by atoms with Crippen LogP contribution in [0.3, 0.4) is 0 Å². The van der Waals surface area contributed by atoms with E-state index in [0.29, 0.717) is 6.54 Å². The van der Waals surface area contributed by atoms with Gasteiger partial charge in [-0.25, -0.2) is 0 Å². The van der Waals surface area contributed by atoms with Gasteiger partial charge in [-0.3, -0.25) is 9.69 Å². The zero-order valence-electron chi connectivity index (χ0n) is 16.6. The first-order valence-electron chi connectivity index (χ1n) is 10.7. The molecule has 1 aromatic rings. The first-order valence-corrected chi connectivity index (χ1v) is 10.7. The van der Waals surface area contributed by atoms with Gasteiger partial charge in [-0.15, -0.1) is 0 Å². The molecule has 0 bridgehead atoms. The quantitative estimate of drug-likeness (QED) is 0.864. The van der Waals surface area contributed by atoms with Gasteiger partial charge in [-0.1, -0.05) is 31.4 Å². The summed E-state index contributed by atoms with van der Waals surface area (Å²) in [6.07, 6.45) is 6.90. The highest BCUT2D eigenvalue weighted by molar-refractivity contribution is 5.78. The molecule has 1 unspecified atom stereocenters. The molecule has 2 fully saturated rings. The molecule has 5 heteroatoms. The molecule has 1 saturated heterocycles. The minimum Gasteiger partial charge on any atom is -0.379 e. The van der Waals surface area contributed by atoms with Gasteiger partial charge in [-0.2, -0.15) is 0 Å². The summed E-state index contributed by atoms with van der Waals surface area (Å²) in [4.78, 5) is 17.5. The van der Waals surface area contributed by atoms with Crippen molar-refractivity contribution >= 4 is 11.6 Å². The molecule has 1 aromatic carbocycles. The van der Waals surface area contributed by atoms with Crippen LogP contribution in [0.15, 0.2) is 18.2 Å². The molecule has 0 spiro atoms. The summed E-state index contributed by atoms with van der Waals surface area (Å²) in [5.41, 5.74) is 4.12. The van der Waals surface area contributed by atoms with E-state index in [-0.39, 0.29) is 17.9 Å². The molecular formula is C22H33N3O2. The minimum absolute atomic E-state index is 0.220. The van der Waals surface area contributed by atoms with Crippen molar-refractivity contribution in [2.45, 2.75) is 44.6 Å². The van der Waals surface area contributed by atoms with Gasteiger partial charge in [0.05, 0.1) is 19.3 Å². The Bertz CT molecular complexity index is 651. The average Bonchev–Trinajstić information content (AvgIpc) is 3.10. The van der Waals surface area contributed by atoms with Crippen LogP contribution in [0.25, 0.3) is 0 Å². The standard InChI is InChI=1S/C22H33N3O2/c1-24-10-9-19-15-18(7-8-20(19)24)21(25-11-13-27-14-12-25)16-23-22(26)17-5-3-2-4-6-17/h7-8,15,17,21H,2-6,9-14,16H2,1H3,(H,23,26). The van der Waals surface area contributed by atoms with Crippen molar-refractivity contribution in [2.24, 2.45) is 5.92 Å². The first-order chi connectivity index (χ1) is 13.2. The maximum Gasteiger partial charge on any atom is 0.223 e. The molecule has 4 rings (SSSR count). The van der Waals surface area contributed by atoms with Crippen LogP contribution in [0.5, 0.6) is 0 Å². The second-order valence-electron chi connectivity index (χ2n) is 8.30. The summed E-state index contributed by atoms with van der Waals surface area (Å²) in [6.45, 7) is 5.22. The summed E-state index contributed by atoms with van der Waals surface area (Å²) < 4.78 is 5.56. The Kier molecular flexibility index (Phi) is 5.98. The molecule has 0 aromatic heterocycles. The van der Waals surface area contributed by atoms with E-state index < -0.39 is 0 Å². The van der Waals surface area contributed by atoms with Crippen molar-refractivity contribution in [1.82, 2.24) is 10.2 Å². The van der Waals surface area contributed by atoms with Crippen LogP contribution in [0.2, 0.25) is 0 Å². The number of nitrogens with one attached hydrogen (secondary N) is 1. The van der Waals surface area contributed by atoms with E-state index in [2.05, 4.69) is 40.4 Å². The highest BCUT2D eigenvalue weighted by Gasteiger charge is 2.27. The van der Waals surface area contributed by atoms with E-state index in [0.717, 1.165) is 52.1 Å². The fourth-order valence-corrected chi connectivity index (χ4v) is 4.85. The van der Waals surface area contributed by atoms with Crippen LogP contribution in [-0.2, 0) is 16.0 Å². The smallest absolute Gasteiger partial charge is 0.223 e. The van der Waals surface area contributed by atoms with E-state index in [4.69, 9.17) is 4.74 Å². The van der Waals surface area contributed by atoms with Crippen molar-refractivity contribution < 1.29 is 9.53 Å². The number of carbonyl (C=O) groups excluding carboxylic acids is 1. The Hall–Kier alpha value is -1.59. The topological polar surface area (TPSA) is 44.8 Å². The van der Waals surface area contributed by atoms with Gasteiger partial charge in [0.1, 0.15) is 0 Å². The van der Waals surface area contributed by atoms with E-state index in [1.165, 1.54) is 36.1 Å². The predicted molar refractivity (Wildman–Crippen MR) is 108 cm³/mol. The Balaban J connectivity index is 1.48. The van der Waals surface area contributed by atoms with Crippen LogP contribution in [-0.4, -0.2) is 57.2 Å². The number of carbonyl (C=O) groups is 1. The number of amides is 1. The lowest BCUT2D eigenvalue weighted by molar-refractivity contribution is -0.126. The maximum absolute atomic E-state index is 12.7. The number of benzene rings is 1. The summed E-state index contributed by atoms with van der Waals surface area (Å²) in [5, 5.41) is 3.29. The van der Waals surface area contributed by atoms with Crippen molar-refractivity contribution in [3.8, 4) is 0 Å². The predicted octanol–water partition coefficient (Wildman–Crippen LogP) is 2.75. The normalized spacial score (nSPS) is 22.5. The van der Waals surface area contributed by atoms with Crippen molar-refractivity contribution in [3.05, 3.63) is 29.3 Å². The Morgan fingerprint density at radius 3 is 2.74 bits per heavy atom. The Morgan fingerprint density at radius 2 is 1.96 bits per heavy atom. The zero-order valence-corrected chi connectivity index (χ0v) is 16.6. The lowest BCUT2D eigenvalue weighted by Crippen LogP contribution is -2.45. The average molecular weight is 372 g/mol. The molecule has 1 N–H and O–H groups in total. The lowest BCUT2D eigenvalue weighted by atomic mass is 9.88. The van der Waals surface area contributed by atoms with E-state index >= 15 is 0 Å². The van der Waals surface area contributed by atoms with Crippen LogP contribution >= 0.6 is 0 Å². The molecule has 148 valence electrons. The van der Waals surface area contributed by atoms with Gasteiger partial charge >= 0.3 is 0 Å². The van der Waals surface area contributed by atoms with Crippen molar-refractivity contribution in [3.63, 3.8) is 0 Å². The number of rotatable bonds is 5. The summed E-state index contributed by atoms with van der Waals surface area (Å²) in [6, 6.07) is 7.12. The number of ether oxygens (including phenoxy) is 1. The fraction of sp³-hybridized carbons (Fsp3) is 0.682. The lowest BCUT2D eigenvalue weighted by Gasteiger charge is -2.35. The maximum atomic E-state index is 12.7. The largest absolute Gasteiger partial charge is 0.379 e. The van der Waals surface area contributed by atoms with Crippen LogP contribution in [0.1, 0.15) is 49.3 Å². The molecule has 1 amide bonds. The number of likely N-dealkylation sites (N-methyl/N-ethyl adjacent to an activating group) is 1. The third-order valence-corrected chi connectivity index (χ3v) is 6.55. The third kappa shape index (κ3) is 4.30. The van der Waals surface area contributed by atoms with Gasteiger partial charge in [0.25, 0.3) is 0 Å². The molecule has 1 aliphatic carbocycles. The molecule has 2 heterocycles. The second kappa shape index (κ2) is 8.61. The molecule has 1 saturated carbocycles. The van der Waals surface area contributed by atoms with Gasteiger partial charge in [0.2, 0.25) is 5.91 Å². The fourth-order valence-electron chi connectivity index (χ4n) is 4.85. The zero-order chi connectivity index (χ0) is 18.6. The van der Waals surface area contributed by atoms with Crippen molar-refractivity contribution in [1.29, 1.82) is 0 Å². The highest BCUT2D eigenvalue weighted by Crippen LogP contribution is 2.31.